The largest absolute Gasteiger partial charge is 0.358 e. The second-order valence-corrected chi connectivity index (χ2v) is 6.28. The first-order valence-corrected chi connectivity index (χ1v) is 8.86. The van der Waals surface area contributed by atoms with Gasteiger partial charge in [0.25, 0.3) is 0 Å². The van der Waals surface area contributed by atoms with Gasteiger partial charge in [0.1, 0.15) is 23.4 Å². The Kier molecular flexibility index (Phi) is 4.49. The molecule has 4 aromatic heterocycles. The van der Waals surface area contributed by atoms with E-state index in [1.165, 1.54) is 0 Å². The Hall–Kier alpha value is -3.36. The molecule has 4 aromatic rings. The molecule has 9 nitrogen and oxygen atoms in total. The average Bonchev–Trinajstić information content (AvgIpc) is 3.31. The molecule has 0 fully saturated rings. The summed E-state index contributed by atoms with van der Waals surface area (Å²) in [7, 11) is 1.87. The van der Waals surface area contributed by atoms with Crippen molar-refractivity contribution in [3.05, 3.63) is 42.3 Å². The van der Waals surface area contributed by atoms with Crippen LogP contribution in [-0.4, -0.2) is 34.9 Å². The third-order valence-electron chi connectivity index (χ3n) is 4.17. The fourth-order valence-corrected chi connectivity index (χ4v) is 2.79. The molecule has 0 aliphatic heterocycles. The van der Waals surface area contributed by atoms with E-state index in [1.54, 1.807) is 17.1 Å². The average molecular weight is 364 g/mol. The number of hydrogen-bond donors (Lipinski definition) is 1. The van der Waals surface area contributed by atoms with Crippen LogP contribution in [0.25, 0.3) is 22.6 Å². The van der Waals surface area contributed by atoms with E-state index < -0.39 is 0 Å². The summed E-state index contributed by atoms with van der Waals surface area (Å²) in [4.78, 5) is 18.0. The van der Waals surface area contributed by atoms with E-state index in [-0.39, 0.29) is 6.04 Å². The molecule has 0 amide bonds. The van der Waals surface area contributed by atoms with Crippen molar-refractivity contribution >= 4 is 16.9 Å². The molecule has 0 spiro atoms. The van der Waals surface area contributed by atoms with E-state index in [2.05, 4.69) is 42.4 Å². The highest BCUT2D eigenvalue weighted by Gasteiger charge is 2.19. The van der Waals surface area contributed by atoms with Crippen molar-refractivity contribution in [2.75, 3.05) is 5.32 Å². The predicted molar refractivity (Wildman–Crippen MR) is 99.9 cm³/mol. The molecule has 138 valence electrons. The minimum absolute atomic E-state index is 0.234. The van der Waals surface area contributed by atoms with Gasteiger partial charge < -0.3 is 9.84 Å². The molecule has 0 radical (unpaired) electrons. The number of anilines is 1. The summed E-state index contributed by atoms with van der Waals surface area (Å²) in [5.41, 5.74) is 1.46. The van der Waals surface area contributed by atoms with E-state index in [1.807, 2.05) is 32.2 Å². The Morgan fingerprint density at radius 1 is 1.22 bits per heavy atom. The van der Waals surface area contributed by atoms with Crippen molar-refractivity contribution in [1.29, 1.82) is 0 Å². The van der Waals surface area contributed by atoms with Gasteiger partial charge in [0.05, 0.1) is 11.6 Å². The monoisotopic (exact) mass is 364 g/mol. The third kappa shape index (κ3) is 3.35. The topological polar surface area (TPSA) is 107 Å². The van der Waals surface area contributed by atoms with Gasteiger partial charge in [-0.15, -0.1) is 0 Å². The highest BCUT2D eigenvalue weighted by Crippen LogP contribution is 2.25. The molecule has 0 aliphatic rings. The zero-order valence-electron chi connectivity index (χ0n) is 15.4. The number of fused-ring (bicyclic) bond motifs is 1. The van der Waals surface area contributed by atoms with Gasteiger partial charge >= 0.3 is 0 Å². The van der Waals surface area contributed by atoms with Crippen LogP contribution in [0.4, 0.5) is 5.82 Å². The van der Waals surface area contributed by atoms with Crippen LogP contribution in [0.1, 0.15) is 38.0 Å². The van der Waals surface area contributed by atoms with Crippen LogP contribution in [-0.2, 0) is 13.5 Å². The minimum Gasteiger partial charge on any atom is -0.358 e. The van der Waals surface area contributed by atoms with Crippen LogP contribution in [0.5, 0.6) is 0 Å². The molecule has 1 atom stereocenters. The van der Waals surface area contributed by atoms with Crippen molar-refractivity contribution in [3.63, 3.8) is 0 Å². The van der Waals surface area contributed by atoms with Gasteiger partial charge in [-0.1, -0.05) is 18.1 Å². The van der Waals surface area contributed by atoms with E-state index >= 15 is 0 Å². The van der Waals surface area contributed by atoms with Crippen LogP contribution in [0, 0.1) is 0 Å². The fourth-order valence-electron chi connectivity index (χ4n) is 2.79. The lowest BCUT2D eigenvalue weighted by molar-refractivity contribution is 0.367. The normalized spacial score (nSPS) is 12.4. The molecular formula is C18H20N8O. The van der Waals surface area contributed by atoms with Gasteiger partial charge in [-0.2, -0.15) is 10.1 Å². The second kappa shape index (κ2) is 7.10. The number of nitrogens with one attached hydrogen (secondary N) is 1. The molecule has 0 aliphatic carbocycles. The first-order valence-electron chi connectivity index (χ1n) is 8.86. The van der Waals surface area contributed by atoms with Gasteiger partial charge in [0.2, 0.25) is 11.7 Å². The first kappa shape index (κ1) is 17.1. The van der Waals surface area contributed by atoms with E-state index in [0.29, 0.717) is 23.2 Å². The SMILES string of the molecule is CCCc1nc(N[C@H](C)c2nc(-c3ccccn3)no2)c2cnn(C)c2n1. The van der Waals surface area contributed by atoms with Gasteiger partial charge in [0, 0.05) is 19.7 Å². The fraction of sp³-hybridized carbons (Fsp3) is 0.333. The highest BCUT2D eigenvalue weighted by atomic mass is 16.5. The Bertz CT molecular complexity index is 1060. The smallest absolute Gasteiger partial charge is 0.249 e. The van der Waals surface area contributed by atoms with Crippen LogP contribution in [0.3, 0.4) is 0 Å². The molecule has 1 N–H and O–H groups in total. The Morgan fingerprint density at radius 2 is 2.11 bits per heavy atom. The molecule has 0 bridgehead atoms. The molecule has 27 heavy (non-hydrogen) atoms. The van der Waals surface area contributed by atoms with Crippen LogP contribution >= 0.6 is 0 Å². The zero-order chi connectivity index (χ0) is 18.8. The molecule has 0 aromatic carbocycles. The van der Waals surface area contributed by atoms with E-state index in [9.17, 15) is 0 Å². The summed E-state index contributed by atoms with van der Waals surface area (Å²) < 4.78 is 7.17. The third-order valence-corrected chi connectivity index (χ3v) is 4.17. The summed E-state index contributed by atoms with van der Waals surface area (Å²) in [6, 6.07) is 5.34. The maximum atomic E-state index is 5.42. The number of nitrogens with zero attached hydrogens (tertiary/aromatic N) is 7. The predicted octanol–water partition coefficient (Wildman–Crippen LogP) is 2.93. The second-order valence-electron chi connectivity index (χ2n) is 6.28. The van der Waals surface area contributed by atoms with Crippen molar-refractivity contribution in [2.45, 2.75) is 32.7 Å². The highest BCUT2D eigenvalue weighted by molar-refractivity contribution is 5.86. The first-order chi connectivity index (χ1) is 13.2. The Morgan fingerprint density at radius 3 is 2.89 bits per heavy atom. The number of aromatic nitrogens is 7. The Balaban J connectivity index is 1.63. The van der Waals surface area contributed by atoms with Gasteiger partial charge in [0.15, 0.2) is 5.65 Å². The standard InChI is InChI=1S/C18H20N8O/c1-4-7-14-22-15(12-10-20-26(3)17(12)23-14)21-11(2)18-24-16(25-27-18)13-8-5-6-9-19-13/h5-6,8-11H,4,7H2,1-3H3,(H,21,22,23)/t11-/m1/s1. The van der Waals surface area contributed by atoms with Crippen LogP contribution in [0.15, 0.2) is 35.1 Å². The van der Waals surface area contributed by atoms with Crippen molar-refractivity contribution < 1.29 is 4.52 Å². The molecule has 4 rings (SSSR count). The number of hydrogen-bond acceptors (Lipinski definition) is 8. The van der Waals surface area contributed by atoms with Crippen LogP contribution < -0.4 is 5.32 Å². The molecule has 4 heterocycles. The minimum atomic E-state index is -0.234. The quantitative estimate of drug-likeness (QED) is 0.556. The van der Waals surface area contributed by atoms with Crippen molar-refractivity contribution in [3.8, 4) is 11.5 Å². The molecular weight excluding hydrogens is 344 g/mol. The maximum Gasteiger partial charge on any atom is 0.249 e. The lowest BCUT2D eigenvalue weighted by atomic mass is 10.2. The summed E-state index contributed by atoms with van der Waals surface area (Å²) >= 11 is 0. The summed E-state index contributed by atoms with van der Waals surface area (Å²) in [6.45, 7) is 4.05. The number of pyridine rings is 1. The lowest BCUT2D eigenvalue weighted by Crippen LogP contribution is -2.11. The number of rotatable bonds is 6. The lowest BCUT2D eigenvalue weighted by Gasteiger charge is -2.12. The van der Waals surface area contributed by atoms with Crippen LogP contribution in [0.2, 0.25) is 0 Å². The van der Waals surface area contributed by atoms with E-state index in [4.69, 9.17) is 4.52 Å². The molecule has 0 saturated carbocycles. The van der Waals surface area contributed by atoms with Crippen molar-refractivity contribution in [2.24, 2.45) is 7.05 Å². The molecule has 0 unspecified atom stereocenters. The van der Waals surface area contributed by atoms with Crippen molar-refractivity contribution in [1.82, 2.24) is 34.9 Å². The van der Waals surface area contributed by atoms with Gasteiger partial charge in [-0.3, -0.25) is 9.67 Å². The zero-order valence-corrected chi connectivity index (χ0v) is 15.4. The summed E-state index contributed by atoms with van der Waals surface area (Å²) in [5.74, 6) is 2.41. The summed E-state index contributed by atoms with van der Waals surface area (Å²) in [5, 5.41) is 12.5. The summed E-state index contributed by atoms with van der Waals surface area (Å²) in [6.07, 6.45) is 5.22. The molecule has 9 heteroatoms. The van der Waals surface area contributed by atoms with E-state index in [0.717, 1.165) is 29.7 Å². The maximum absolute atomic E-state index is 5.42. The van der Waals surface area contributed by atoms with Gasteiger partial charge in [-0.05, 0) is 25.5 Å². The Labute approximate surface area is 155 Å². The van der Waals surface area contributed by atoms with Gasteiger partial charge in [-0.25, -0.2) is 9.97 Å². The number of aryl methyl sites for hydroxylation is 2. The molecule has 0 saturated heterocycles.